The third kappa shape index (κ3) is 3.39. The molecule has 1 aromatic heterocycles. The molecule has 0 N–H and O–H groups in total. The fraction of sp³-hybridized carbons (Fsp3) is 0.231. The molecule has 0 unspecified atom stereocenters. The summed E-state index contributed by atoms with van der Waals surface area (Å²) in [4.78, 5) is 16.8. The summed E-state index contributed by atoms with van der Waals surface area (Å²) < 4.78 is 52.1. The highest BCUT2D eigenvalue weighted by atomic mass is 19.3. The average Bonchev–Trinajstić information content (AvgIpc) is 2.84. The lowest BCUT2D eigenvalue weighted by molar-refractivity contribution is 0.0612. The van der Waals surface area contributed by atoms with Crippen molar-refractivity contribution < 1.29 is 22.4 Å². The van der Waals surface area contributed by atoms with Crippen molar-refractivity contribution in [2.75, 3.05) is 7.05 Å². The smallest absolute Gasteiger partial charge is 0.319 e. The van der Waals surface area contributed by atoms with E-state index in [1.165, 1.54) is 13.2 Å². The highest BCUT2D eigenvalue weighted by molar-refractivity contribution is 5.94. The van der Waals surface area contributed by atoms with Crippen molar-refractivity contribution in [1.29, 1.82) is 0 Å². The highest BCUT2D eigenvalue weighted by Crippen LogP contribution is 2.15. The maximum atomic E-state index is 13.1. The van der Waals surface area contributed by atoms with Gasteiger partial charge >= 0.3 is 6.55 Å². The van der Waals surface area contributed by atoms with Crippen LogP contribution in [0.5, 0.6) is 0 Å². The number of alkyl halides is 2. The van der Waals surface area contributed by atoms with E-state index in [-0.39, 0.29) is 17.9 Å². The quantitative estimate of drug-likeness (QED) is 0.814. The van der Waals surface area contributed by atoms with Crippen molar-refractivity contribution >= 4 is 5.91 Å². The topological polar surface area (TPSA) is 38.1 Å². The van der Waals surface area contributed by atoms with Crippen LogP contribution in [0.4, 0.5) is 17.6 Å². The molecule has 0 aliphatic carbocycles. The monoisotopic (exact) mass is 301 g/mol. The van der Waals surface area contributed by atoms with Crippen molar-refractivity contribution in [3.8, 4) is 0 Å². The van der Waals surface area contributed by atoms with Crippen LogP contribution in [-0.4, -0.2) is 27.4 Å². The number of halogens is 4. The summed E-state index contributed by atoms with van der Waals surface area (Å²) in [5, 5.41) is 0. The van der Waals surface area contributed by atoms with E-state index in [1.807, 2.05) is 0 Å². The molecule has 1 amide bonds. The molecule has 8 heteroatoms. The van der Waals surface area contributed by atoms with Gasteiger partial charge in [-0.3, -0.25) is 9.36 Å². The Morgan fingerprint density at radius 1 is 1.29 bits per heavy atom. The number of imidazole rings is 1. The molecule has 1 heterocycles. The Balaban J connectivity index is 2.17. The Hall–Kier alpha value is -2.38. The molecule has 2 rings (SSSR count). The van der Waals surface area contributed by atoms with E-state index in [0.717, 1.165) is 23.2 Å². The minimum atomic E-state index is -2.78. The van der Waals surface area contributed by atoms with Crippen LogP contribution < -0.4 is 0 Å². The van der Waals surface area contributed by atoms with Crippen LogP contribution in [0.25, 0.3) is 0 Å². The van der Waals surface area contributed by atoms with Gasteiger partial charge in [0.05, 0.1) is 6.54 Å². The Morgan fingerprint density at radius 2 is 1.90 bits per heavy atom. The first kappa shape index (κ1) is 15.0. The van der Waals surface area contributed by atoms with Gasteiger partial charge < -0.3 is 4.90 Å². The largest absolute Gasteiger partial charge is 0.334 e. The fourth-order valence-corrected chi connectivity index (χ4v) is 1.83. The Bertz CT molecular complexity index is 636. The number of carbonyl (C=O) groups excluding carboxylic acids is 1. The molecule has 0 saturated heterocycles. The Morgan fingerprint density at radius 3 is 2.48 bits per heavy atom. The normalized spacial score (nSPS) is 11.0. The van der Waals surface area contributed by atoms with E-state index in [9.17, 15) is 22.4 Å². The van der Waals surface area contributed by atoms with Gasteiger partial charge in [0, 0.05) is 31.1 Å². The second-order valence-corrected chi connectivity index (χ2v) is 4.35. The summed E-state index contributed by atoms with van der Waals surface area (Å²) in [7, 11) is 1.33. The van der Waals surface area contributed by atoms with Gasteiger partial charge in [-0.1, -0.05) is 0 Å². The van der Waals surface area contributed by atoms with Crippen molar-refractivity contribution in [2.24, 2.45) is 0 Å². The van der Waals surface area contributed by atoms with Crippen LogP contribution in [-0.2, 0) is 6.54 Å². The number of benzene rings is 1. The van der Waals surface area contributed by atoms with Gasteiger partial charge in [-0.05, 0) is 12.1 Å². The van der Waals surface area contributed by atoms with Gasteiger partial charge in [-0.25, -0.2) is 13.8 Å². The summed E-state index contributed by atoms with van der Waals surface area (Å²) in [6, 6.07) is 2.39. The molecule has 4 nitrogen and oxygen atoms in total. The van der Waals surface area contributed by atoms with Crippen LogP contribution in [0.1, 0.15) is 22.7 Å². The molecule has 0 spiro atoms. The molecule has 0 fully saturated rings. The number of amides is 1. The lowest BCUT2D eigenvalue weighted by atomic mass is 10.2. The van der Waals surface area contributed by atoms with E-state index in [2.05, 4.69) is 4.98 Å². The number of hydrogen-bond acceptors (Lipinski definition) is 2. The van der Waals surface area contributed by atoms with E-state index in [1.54, 1.807) is 0 Å². The first-order valence-corrected chi connectivity index (χ1v) is 5.90. The number of hydrogen-bond donors (Lipinski definition) is 0. The average molecular weight is 301 g/mol. The molecule has 0 radical (unpaired) electrons. The zero-order valence-corrected chi connectivity index (χ0v) is 10.9. The van der Waals surface area contributed by atoms with E-state index < -0.39 is 24.1 Å². The second-order valence-electron chi connectivity index (χ2n) is 4.35. The highest BCUT2D eigenvalue weighted by Gasteiger charge is 2.18. The lowest BCUT2D eigenvalue weighted by Gasteiger charge is -2.17. The van der Waals surface area contributed by atoms with E-state index >= 15 is 0 Å². The van der Waals surface area contributed by atoms with Crippen LogP contribution in [0.2, 0.25) is 0 Å². The maximum absolute atomic E-state index is 13.1. The van der Waals surface area contributed by atoms with Crippen LogP contribution in [0.15, 0.2) is 30.6 Å². The van der Waals surface area contributed by atoms with Crippen molar-refractivity contribution in [3.63, 3.8) is 0 Å². The molecule has 21 heavy (non-hydrogen) atoms. The van der Waals surface area contributed by atoms with Crippen molar-refractivity contribution in [3.05, 3.63) is 53.6 Å². The van der Waals surface area contributed by atoms with Gasteiger partial charge in [0.25, 0.3) is 5.91 Å². The number of nitrogens with zero attached hydrogens (tertiary/aromatic N) is 3. The van der Waals surface area contributed by atoms with Gasteiger partial charge in [-0.15, -0.1) is 0 Å². The predicted octanol–water partition coefficient (Wildman–Crippen LogP) is 2.83. The summed E-state index contributed by atoms with van der Waals surface area (Å²) >= 11 is 0. The molecule has 0 bridgehead atoms. The van der Waals surface area contributed by atoms with Crippen molar-refractivity contribution in [1.82, 2.24) is 14.5 Å². The summed E-state index contributed by atoms with van der Waals surface area (Å²) in [5.74, 6) is -2.50. The van der Waals surface area contributed by atoms with E-state index in [4.69, 9.17) is 0 Å². The Kier molecular flexibility index (Phi) is 4.25. The Labute approximate surface area is 117 Å². The molecule has 0 aliphatic rings. The van der Waals surface area contributed by atoms with Crippen LogP contribution in [0.3, 0.4) is 0 Å². The molecule has 1 aromatic carbocycles. The third-order valence-corrected chi connectivity index (χ3v) is 2.79. The predicted molar refractivity (Wildman–Crippen MR) is 65.6 cm³/mol. The standard InChI is InChI=1S/C13H11F4N3O/c1-19(7-11-18-2-3-20(11)13(16)17)12(21)8-4-9(14)6-10(15)5-8/h2-6,13H,7H2,1H3. The maximum Gasteiger partial charge on any atom is 0.319 e. The zero-order valence-electron chi connectivity index (χ0n) is 10.9. The van der Waals surface area contributed by atoms with Gasteiger partial charge in [0.2, 0.25) is 0 Å². The van der Waals surface area contributed by atoms with Crippen LogP contribution >= 0.6 is 0 Å². The van der Waals surface area contributed by atoms with Gasteiger partial charge in [0.1, 0.15) is 17.5 Å². The van der Waals surface area contributed by atoms with Gasteiger partial charge in [0.15, 0.2) is 0 Å². The number of rotatable bonds is 4. The second kappa shape index (κ2) is 5.94. The van der Waals surface area contributed by atoms with Crippen LogP contribution in [0, 0.1) is 11.6 Å². The molecule has 0 saturated carbocycles. The molecule has 112 valence electrons. The number of aromatic nitrogens is 2. The lowest BCUT2D eigenvalue weighted by Crippen LogP contribution is -2.28. The first-order valence-electron chi connectivity index (χ1n) is 5.90. The summed E-state index contributed by atoms with van der Waals surface area (Å²) in [6.45, 7) is -2.99. The summed E-state index contributed by atoms with van der Waals surface area (Å²) in [5.41, 5.74) is -0.204. The zero-order chi connectivity index (χ0) is 15.6. The SMILES string of the molecule is CN(Cc1nccn1C(F)F)C(=O)c1cc(F)cc(F)c1. The molecular weight excluding hydrogens is 290 g/mol. The summed E-state index contributed by atoms with van der Waals surface area (Å²) in [6.07, 6.45) is 2.27. The van der Waals surface area contributed by atoms with E-state index in [0.29, 0.717) is 10.6 Å². The van der Waals surface area contributed by atoms with Gasteiger partial charge in [-0.2, -0.15) is 8.78 Å². The third-order valence-electron chi connectivity index (χ3n) is 2.79. The van der Waals surface area contributed by atoms with Crippen molar-refractivity contribution in [2.45, 2.75) is 13.1 Å². The molecule has 2 aromatic rings. The minimum absolute atomic E-state index is 0.0299. The number of carbonyl (C=O) groups is 1. The molecular formula is C13H11F4N3O. The first-order chi connectivity index (χ1) is 9.88. The fourth-order valence-electron chi connectivity index (χ4n) is 1.83. The molecule has 0 atom stereocenters. The minimum Gasteiger partial charge on any atom is -0.334 e. The molecule has 0 aliphatic heterocycles.